The van der Waals surface area contributed by atoms with Crippen LogP contribution in [0.4, 0.5) is 17.1 Å². The van der Waals surface area contributed by atoms with Gasteiger partial charge in [0.2, 0.25) is 0 Å². The molecule has 0 amide bonds. The Morgan fingerprint density at radius 1 is 0.328 bits per heavy atom. The first-order valence-corrected chi connectivity index (χ1v) is 23.7. The predicted molar refractivity (Wildman–Crippen MR) is 268 cm³/mol. The van der Waals surface area contributed by atoms with Gasteiger partial charge in [0.15, 0.2) is 0 Å². The van der Waals surface area contributed by atoms with Crippen LogP contribution < -0.4 is 4.90 Å². The van der Waals surface area contributed by atoms with Crippen LogP contribution in [0.5, 0.6) is 0 Å². The summed E-state index contributed by atoms with van der Waals surface area (Å²) >= 11 is 0. The Bertz CT molecular complexity index is 3190. The average Bonchev–Trinajstić information content (AvgIpc) is 3.66. The van der Waals surface area contributed by atoms with Gasteiger partial charge in [-0.1, -0.05) is 176 Å². The van der Waals surface area contributed by atoms with Gasteiger partial charge < -0.3 is 4.90 Å². The minimum absolute atomic E-state index is 0.113. The van der Waals surface area contributed by atoms with E-state index >= 15 is 0 Å². The Balaban J connectivity index is 0.996. The zero-order chi connectivity index (χ0) is 42.2. The lowest BCUT2D eigenvalue weighted by molar-refractivity contribution is -0.0227. The van der Waals surface area contributed by atoms with Gasteiger partial charge in [-0.3, -0.25) is 0 Å². The SMILES string of the molecule is c1ccc(-c2ccccc2-c2ccccc2-c2ccccc2N(c2ccc(-c3ccc4ccccc4c3)cc2)c2ccc3c(c2)-c2ccccc2C32C3CCC4CCC2CC4C3)cc1. The molecule has 3 bridgehead atoms. The van der Waals surface area contributed by atoms with Crippen molar-refractivity contribution < 1.29 is 0 Å². The molecule has 3 saturated carbocycles. The van der Waals surface area contributed by atoms with E-state index < -0.39 is 0 Å². The van der Waals surface area contributed by atoms with Crippen molar-refractivity contribution in [2.75, 3.05) is 4.90 Å². The van der Waals surface area contributed by atoms with Gasteiger partial charge in [0, 0.05) is 22.4 Å². The fourth-order valence-electron chi connectivity index (χ4n) is 13.4. The van der Waals surface area contributed by atoms with Gasteiger partial charge in [0.1, 0.15) is 0 Å². The Morgan fingerprint density at radius 3 is 1.62 bits per heavy atom. The van der Waals surface area contributed by atoms with Crippen molar-refractivity contribution in [3.05, 3.63) is 223 Å². The summed E-state index contributed by atoms with van der Waals surface area (Å²) in [5.41, 5.74) is 19.5. The Labute approximate surface area is 377 Å². The number of anilines is 3. The number of nitrogens with zero attached hydrogens (tertiary/aromatic N) is 1. The summed E-state index contributed by atoms with van der Waals surface area (Å²) in [5, 5.41) is 2.53. The van der Waals surface area contributed by atoms with E-state index in [1.807, 2.05) is 0 Å². The van der Waals surface area contributed by atoms with Gasteiger partial charge in [0.05, 0.1) is 5.69 Å². The van der Waals surface area contributed by atoms with Crippen molar-refractivity contribution >= 4 is 27.8 Å². The highest BCUT2D eigenvalue weighted by molar-refractivity contribution is 5.98. The summed E-state index contributed by atoms with van der Waals surface area (Å²) < 4.78 is 0. The lowest BCUT2D eigenvalue weighted by atomic mass is 9.45. The van der Waals surface area contributed by atoms with E-state index in [9.17, 15) is 0 Å². The van der Waals surface area contributed by atoms with Gasteiger partial charge in [0.25, 0.3) is 0 Å². The zero-order valence-electron chi connectivity index (χ0n) is 36.2. The molecule has 2 atom stereocenters. The summed E-state index contributed by atoms with van der Waals surface area (Å²) in [4.78, 5) is 2.54. The van der Waals surface area contributed by atoms with Crippen LogP contribution in [0.2, 0.25) is 0 Å². The molecule has 1 spiro atoms. The van der Waals surface area contributed by atoms with Crippen LogP contribution in [0.1, 0.15) is 49.7 Å². The smallest absolute Gasteiger partial charge is 0.0540 e. The van der Waals surface area contributed by atoms with Crippen molar-refractivity contribution in [1.29, 1.82) is 0 Å². The van der Waals surface area contributed by atoms with E-state index in [0.29, 0.717) is 0 Å². The van der Waals surface area contributed by atoms with Crippen LogP contribution in [-0.4, -0.2) is 0 Å². The van der Waals surface area contributed by atoms with Crippen LogP contribution in [0.3, 0.4) is 0 Å². The lowest BCUT2D eigenvalue weighted by Gasteiger charge is -2.59. The van der Waals surface area contributed by atoms with Crippen LogP contribution in [0.25, 0.3) is 66.4 Å². The maximum absolute atomic E-state index is 2.58. The molecule has 13 rings (SSSR count). The standard InChI is InChI=1S/C63H51N/c1-2-15-45(16-3-1)53-18-6-7-19-54(53)55-20-8-9-21-56(55)58-23-11-13-25-62(58)64(51-34-30-43(31-35-51)47-27-26-42-14-4-5-17-46(42)38-47)52-36-37-61-59(41-52)57-22-10-12-24-60(57)63(61)49-32-28-44-29-33-50(63)40-48(44)39-49/h1-27,30-31,34-38,41,44,48-50H,28-29,32-33,39-40H2. The van der Waals surface area contributed by atoms with Crippen LogP contribution in [-0.2, 0) is 5.41 Å². The summed E-state index contributed by atoms with van der Waals surface area (Å²) in [6.07, 6.45) is 8.35. The number of rotatable bonds is 7. The highest BCUT2D eigenvalue weighted by Crippen LogP contribution is 2.68. The second-order valence-electron chi connectivity index (χ2n) is 19.1. The zero-order valence-corrected chi connectivity index (χ0v) is 36.2. The number of hydrogen-bond acceptors (Lipinski definition) is 1. The molecule has 9 aromatic carbocycles. The minimum atomic E-state index is 0.113. The summed E-state index contributed by atoms with van der Waals surface area (Å²) in [6.45, 7) is 0. The number of benzene rings is 9. The molecule has 0 aliphatic heterocycles. The highest BCUT2D eigenvalue weighted by atomic mass is 15.1. The van der Waals surface area contributed by atoms with Crippen molar-refractivity contribution in [2.45, 2.75) is 43.9 Å². The molecule has 1 nitrogen and oxygen atoms in total. The molecule has 0 heterocycles. The maximum atomic E-state index is 2.58. The largest absolute Gasteiger partial charge is 0.310 e. The third-order valence-electron chi connectivity index (χ3n) is 16.1. The van der Waals surface area contributed by atoms with E-state index in [2.05, 4.69) is 217 Å². The Kier molecular flexibility index (Phi) is 8.87. The van der Waals surface area contributed by atoms with E-state index in [-0.39, 0.29) is 5.41 Å². The summed E-state index contributed by atoms with van der Waals surface area (Å²) in [7, 11) is 0. The summed E-state index contributed by atoms with van der Waals surface area (Å²) in [5.74, 6) is 3.32. The Hall–Kier alpha value is -6.96. The predicted octanol–water partition coefficient (Wildman–Crippen LogP) is 17.1. The van der Waals surface area contributed by atoms with Crippen molar-refractivity contribution in [2.24, 2.45) is 23.7 Å². The molecule has 3 fully saturated rings. The molecule has 0 radical (unpaired) electrons. The van der Waals surface area contributed by atoms with Crippen LogP contribution in [0.15, 0.2) is 212 Å². The minimum Gasteiger partial charge on any atom is -0.310 e. The third kappa shape index (κ3) is 5.83. The first-order chi connectivity index (χ1) is 31.7. The lowest BCUT2D eigenvalue weighted by Crippen LogP contribution is -2.53. The van der Waals surface area contributed by atoms with Gasteiger partial charge in [-0.05, 0) is 171 Å². The van der Waals surface area contributed by atoms with Gasteiger partial charge in [-0.15, -0.1) is 0 Å². The molecule has 4 aliphatic carbocycles. The Morgan fingerprint density at radius 2 is 0.875 bits per heavy atom. The number of fused-ring (bicyclic) bond motifs is 10. The first kappa shape index (κ1) is 37.6. The van der Waals surface area contributed by atoms with E-state index in [1.54, 1.807) is 11.1 Å². The molecule has 0 N–H and O–H groups in total. The molecule has 0 saturated heterocycles. The van der Waals surface area contributed by atoms with E-state index in [1.165, 1.54) is 111 Å². The second kappa shape index (κ2) is 15.1. The van der Waals surface area contributed by atoms with E-state index in [4.69, 9.17) is 0 Å². The summed E-state index contributed by atoms with van der Waals surface area (Å²) in [6, 6.07) is 79.7. The first-order valence-electron chi connectivity index (χ1n) is 23.7. The molecule has 308 valence electrons. The van der Waals surface area contributed by atoms with Crippen molar-refractivity contribution in [3.8, 4) is 55.6 Å². The fourth-order valence-corrected chi connectivity index (χ4v) is 13.4. The molecule has 4 aliphatic rings. The van der Waals surface area contributed by atoms with Crippen molar-refractivity contribution in [1.82, 2.24) is 0 Å². The molecular formula is C63H51N. The molecule has 0 aromatic heterocycles. The maximum Gasteiger partial charge on any atom is 0.0540 e. The number of para-hydroxylation sites is 1. The fraction of sp³-hybridized carbons (Fsp3) is 0.175. The topological polar surface area (TPSA) is 3.24 Å². The normalized spacial score (nSPS) is 21.4. The van der Waals surface area contributed by atoms with Gasteiger partial charge in [-0.25, -0.2) is 0 Å². The van der Waals surface area contributed by atoms with Crippen LogP contribution in [0, 0.1) is 23.7 Å². The molecule has 1 heteroatoms. The number of hydrogen-bond donors (Lipinski definition) is 0. The van der Waals surface area contributed by atoms with E-state index in [0.717, 1.165) is 35.0 Å². The monoisotopic (exact) mass is 821 g/mol. The second-order valence-corrected chi connectivity index (χ2v) is 19.1. The van der Waals surface area contributed by atoms with Gasteiger partial charge in [-0.2, -0.15) is 0 Å². The van der Waals surface area contributed by atoms with Crippen LogP contribution >= 0.6 is 0 Å². The highest BCUT2D eigenvalue weighted by Gasteiger charge is 2.60. The average molecular weight is 822 g/mol. The third-order valence-corrected chi connectivity index (χ3v) is 16.1. The molecule has 2 unspecified atom stereocenters. The quantitative estimate of drug-likeness (QED) is 0.155. The molecule has 64 heavy (non-hydrogen) atoms. The molecule has 9 aromatic rings. The van der Waals surface area contributed by atoms with Crippen molar-refractivity contribution in [3.63, 3.8) is 0 Å². The molecular weight excluding hydrogens is 771 g/mol. The van der Waals surface area contributed by atoms with Gasteiger partial charge >= 0.3 is 0 Å².